The third-order valence-electron chi connectivity index (χ3n) is 1.88. The summed E-state index contributed by atoms with van der Waals surface area (Å²) in [5.74, 6) is 0.662. The third-order valence-corrected chi connectivity index (χ3v) is 2.10. The highest BCUT2D eigenvalue weighted by atomic mass is 35.5. The number of halogens is 1. The summed E-state index contributed by atoms with van der Waals surface area (Å²) < 4.78 is 0. The highest BCUT2D eigenvalue weighted by molar-refractivity contribution is 6.17. The van der Waals surface area contributed by atoms with Gasteiger partial charge in [0.15, 0.2) is 0 Å². The van der Waals surface area contributed by atoms with Crippen LogP contribution < -0.4 is 0 Å². The van der Waals surface area contributed by atoms with Crippen molar-refractivity contribution in [1.29, 1.82) is 0 Å². The van der Waals surface area contributed by atoms with Gasteiger partial charge < -0.3 is 0 Å². The van der Waals surface area contributed by atoms with Gasteiger partial charge in [0, 0.05) is 10.8 Å². The molecule has 4 heteroatoms. The van der Waals surface area contributed by atoms with Gasteiger partial charge in [-0.1, -0.05) is 29.9 Å². The fraction of sp³-hybridized carbons (Fsp3) is 0.500. The van der Waals surface area contributed by atoms with Gasteiger partial charge in [0.25, 0.3) is 0 Å². The van der Waals surface area contributed by atoms with E-state index in [2.05, 4.69) is 18.2 Å². The van der Waals surface area contributed by atoms with Crippen LogP contribution in [-0.2, 0) is 0 Å². The van der Waals surface area contributed by atoms with Gasteiger partial charge in [-0.2, -0.15) is 0 Å². The summed E-state index contributed by atoms with van der Waals surface area (Å²) in [6.45, 7) is 1.83. The highest BCUT2D eigenvalue weighted by Crippen LogP contribution is 2.01. The molecule has 0 aromatic rings. The smallest absolute Gasteiger partial charge is 0.222 e. The second-order valence-corrected chi connectivity index (χ2v) is 3.77. The topological polar surface area (TPSA) is 43.1 Å². The molecule has 0 radical (unpaired) electrons. The van der Waals surface area contributed by atoms with E-state index in [1.165, 1.54) is 0 Å². The normalized spacial score (nSPS) is 12.8. The molecule has 0 unspecified atom stereocenters. The van der Waals surface area contributed by atoms with Crippen molar-refractivity contribution in [3.8, 4) is 0 Å². The van der Waals surface area contributed by atoms with E-state index in [-0.39, 0.29) is 11.5 Å². The molecule has 0 N–H and O–H groups in total. The van der Waals surface area contributed by atoms with E-state index in [0.717, 1.165) is 24.8 Å². The average molecular weight is 244 g/mol. The van der Waals surface area contributed by atoms with Crippen molar-refractivity contribution in [2.24, 2.45) is 0 Å². The van der Waals surface area contributed by atoms with Crippen molar-refractivity contribution in [3.05, 3.63) is 46.1 Å². The van der Waals surface area contributed by atoms with Crippen molar-refractivity contribution in [1.82, 2.24) is 0 Å². The quantitative estimate of drug-likeness (QED) is 0.163. The highest BCUT2D eigenvalue weighted by Gasteiger charge is 1.88. The number of nitro groups is 1. The Labute approximate surface area is 102 Å². The molecule has 0 saturated carbocycles. The van der Waals surface area contributed by atoms with Crippen molar-refractivity contribution in [2.45, 2.75) is 26.2 Å². The van der Waals surface area contributed by atoms with Crippen LogP contribution in [0.1, 0.15) is 26.2 Å². The lowest BCUT2D eigenvalue weighted by atomic mass is 10.2. The van der Waals surface area contributed by atoms with Gasteiger partial charge in [-0.05, 0) is 32.3 Å². The maximum Gasteiger partial charge on any atom is 0.222 e. The third kappa shape index (κ3) is 11.0. The van der Waals surface area contributed by atoms with E-state index in [1.54, 1.807) is 12.2 Å². The van der Waals surface area contributed by atoms with Gasteiger partial charge in [-0.25, -0.2) is 0 Å². The molecule has 0 aliphatic heterocycles. The molecule has 90 valence electrons. The Bertz CT molecular complexity index is 283. The molecular formula is C12H18ClNO2. The van der Waals surface area contributed by atoms with Crippen LogP contribution in [0.4, 0.5) is 0 Å². The Hall–Kier alpha value is -1.09. The number of hydrogen-bond donors (Lipinski definition) is 0. The minimum Gasteiger partial charge on any atom is -0.264 e. The average Bonchev–Trinajstić information content (AvgIpc) is 2.22. The van der Waals surface area contributed by atoms with E-state index >= 15 is 0 Å². The zero-order valence-corrected chi connectivity index (χ0v) is 10.3. The molecule has 0 aromatic carbocycles. The summed E-state index contributed by atoms with van der Waals surface area (Å²) in [5, 5.41) is 10.1. The molecule has 0 saturated heterocycles. The predicted molar refractivity (Wildman–Crippen MR) is 68.5 cm³/mol. The van der Waals surface area contributed by atoms with Gasteiger partial charge >= 0.3 is 0 Å². The Morgan fingerprint density at radius 3 is 2.56 bits per heavy atom. The number of nitrogens with zero attached hydrogens (tertiary/aromatic N) is 1. The molecule has 0 bridgehead atoms. The van der Waals surface area contributed by atoms with E-state index < -0.39 is 0 Å². The van der Waals surface area contributed by atoms with Gasteiger partial charge in [-0.3, -0.25) is 10.1 Å². The van der Waals surface area contributed by atoms with Crippen molar-refractivity contribution in [3.63, 3.8) is 0 Å². The molecule has 0 aromatic heterocycles. The van der Waals surface area contributed by atoms with Crippen LogP contribution in [-0.4, -0.2) is 17.3 Å². The predicted octanol–water partition coefficient (Wildman–Crippen LogP) is 3.73. The summed E-state index contributed by atoms with van der Waals surface area (Å²) in [4.78, 5) is 9.71. The van der Waals surface area contributed by atoms with Crippen molar-refractivity contribution >= 4 is 11.6 Å². The largest absolute Gasteiger partial charge is 0.264 e. The van der Waals surface area contributed by atoms with Crippen LogP contribution in [0.15, 0.2) is 36.0 Å². The summed E-state index contributed by atoms with van der Waals surface area (Å²) in [7, 11) is 0. The first-order chi connectivity index (χ1) is 7.66. The van der Waals surface area contributed by atoms with E-state index in [9.17, 15) is 10.1 Å². The Kier molecular flexibility index (Phi) is 9.72. The molecule has 0 rings (SSSR count). The van der Waals surface area contributed by atoms with Crippen LogP contribution in [0.2, 0.25) is 0 Å². The summed E-state index contributed by atoms with van der Waals surface area (Å²) in [6, 6.07) is 0. The van der Waals surface area contributed by atoms with Crippen molar-refractivity contribution in [2.75, 3.05) is 12.4 Å². The Morgan fingerprint density at radius 2 is 1.94 bits per heavy atom. The van der Waals surface area contributed by atoms with E-state index in [0.29, 0.717) is 5.88 Å². The molecule has 0 spiro atoms. The van der Waals surface area contributed by atoms with E-state index in [4.69, 9.17) is 11.6 Å². The molecule has 3 nitrogen and oxygen atoms in total. The number of hydrogen-bond acceptors (Lipinski definition) is 2. The molecule has 0 aliphatic rings. The molecule has 0 atom stereocenters. The van der Waals surface area contributed by atoms with E-state index in [1.807, 2.05) is 6.92 Å². The number of unbranched alkanes of at least 4 members (excludes halogenated alkanes) is 1. The molecular weight excluding hydrogens is 226 g/mol. The first-order valence-electron chi connectivity index (χ1n) is 5.33. The molecule has 0 aliphatic carbocycles. The zero-order valence-electron chi connectivity index (χ0n) is 9.56. The summed E-state index contributed by atoms with van der Waals surface area (Å²) in [5.41, 5.74) is 1.06. The molecule has 16 heavy (non-hydrogen) atoms. The van der Waals surface area contributed by atoms with Gasteiger partial charge in [0.05, 0.1) is 0 Å². The number of rotatable bonds is 8. The van der Waals surface area contributed by atoms with Crippen LogP contribution in [0.5, 0.6) is 0 Å². The minimum absolute atomic E-state index is 0.110. The maximum absolute atomic E-state index is 10.1. The van der Waals surface area contributed by atoms with Gasteiger partial charge in [-0.15, -0.1) is 11.6 Å². The number of alkyl halides is 1. The molecule has 0 heterocycles. The monoisotopic (exact) mass is 243 g/mol. The SMILES string of the molecule is CC(=C/CCC=CCCCl)/C=C/C[N+](=O)[O-]. The minimum atomic E-state index is -0.349. The van der Waals surface area contributed by atoms with Crippen LogP contribution >= 0.6 is 11.6 Å². The van der Waals surface area contributed by atoms with Gasteiger partial charge in [0.1, 0.15) is 0 Å². The van der Waals surface area contributed by atoms with Crippen molar-refractivity contribution < 1.29 is 4.92 Å². The lowest BCUT2D eigenvalue weighted by Gasteiger charge is -1.91. The zero-order chi connectivity index (χ0) is 12.2. The second kappa shape index (κ2) is 10.4. The summed E-state index contributed by atoms with van der Waals surface area (Å²) >= 11 is 5.52. The van der Waals surface area contributed by atoms with Crippen LogP contribution in [0.25, 0.3) is 0 Å². The second-order valence-electron chi connectivity index (χ2n) is 3.39. The van der Waals surface area contributed by atoms with Gasteiger partial charge in [0.2, 0.25) is 6.54 Å². The lowest BCUT2D eigenvalue weighted by Crippen LogP contribution is -1.95. The number of allylic oxidation sites excluding steroid dienone is 5. The molecule has 0 fully saturated rings. The maximum atomic E-state index is 10.1. The Morgan fingerprint density at radius 1 is 1.25 bits per heavy atom. The first kappa shape index (κ1) is 14.9. The fourth-order valence-electron chi connectivity index (χ4n) is 1.10. The summed E-state index contributed by atoms with van der Waals surface area (Å²) in [6.07, 6.45) is 12.4. The standard InChI is InChI=1S/C12H18ClNO2/c1-12(9-7-11-14(15)16)8-5-3-2-4-6-10-13/h2,4,7-9H,3,5-6,10-11H2,1H3/b4-2?,9-7+,12-8-. The Balaban J connectivity index is 3.70. The van der Waals surface area contributed by atoms with Crippen LogP contribution in [0.3, 0.4) is 0 Å². The molecule has 0 amide bonds. The lowest BCUT2D eigenvalue weighted by molar-refractivity contribution is -0.468. The fourth-order valence-corrected chi connectivity index (χ4v) is 1.22. The van der Waals surface area contributed by atoms with Crippen LogP contribution in [0, 0.1) is 10.1 Å². The first-order valence-corrected chi connectivity index (χ1v) is 5.86.